The van der Waals surface area contributed by atoms with Gasteiger partial charge in [-0.15, -0.1) is 0 Å². The van der Waals surface area contributed by atoms with Crippen LogP contribution in [0.3, 0.4) is 0 Å². The summed E-state index contributed by atoms with van der Waals surface area (Å²) >= 11 is 0. The molecule has 1 unspecified atom stereocenters. The van der Waals surface area contributed by atoms with E-state index in [2.05, 4.69) is 4.90 Å². The van der Waals surface area contributed by atoms with Gasteiger partial charge in [0.15, 0.2) is 0 Å². The molecular formula is C15H17FN2. The van der Waals surface area contributed by atoms with Gasteiger partial charge in [0.1, 0.15) is 5.82 Å². The molecule has 0 spiro atoms. The Hall–Kier alpha value is -1.87. The van der Waals surface area contributed by atoms with Crippen LogP contribution < -0.4 is 5.73 Å². The summed E-state index contributed by atoms with van der Waals surface area (Å²) in [5.41, 5.74) is 8.71. The third kappa shape index (κ3) is 2.68. The summed E-state index contributed by atoms with van der Waals surface area (Å²) in [6.45, 7) is 0. The van der Waals surface area contributed by atoms with Crippen LogP contribution in [0.25, 0.3) is 0 Å². The van der Waals surface area contributed by atoms with Crippen LogP contribution in [0.15, 0.2) is 48.5 Å². The highest BCUT2D eigenvalue weighted by atomic mass is 19.1. The number of nitrogens with two attached hydrogens (primary N) is 1. The van der Waals surface area contributed by atoms with Crippen LogP contribution in [-0.4, -0.2) is 19.0 Å². The molecule has 3 heteroatoms. The second kappa shape index (κ2) is 5.19. The monoisotopic (exact) mass is 244 g/mol. The maximum atomic E-state index is 13.0. The van der Waals surface area contributed by atoms with E-state index >= 15 is 0 Å². The molecule has 0 aromatic heterocycles. The average molecular weight is 244 g/mol. The first-order valence-electron chi connectivity index (χ1n) is 5.85. The fourth-order valence-corrected chi connectivity index (χ4v) is 2.16. The van der Waals surface area contributed by atoms with E-state index < -0.39 is 0 Å². The number of hydrogen-bond donors (Lipinski definition) is 1. The van der Waals surface area contributed by atoms with E-state index in [1.54, 1.807) is 0 Å². The molecule has 2 N–H and O–H groups in total. The summed E-state index contributed by atoms with van der Waals surface area (Å²) in [6, 6.07) is 14.4. The second-order valence-corrected chi connectivity index (χ2v) is 4.59. The summed E-state index contributed by atoms with van der Waals surface area (Å²) in [5, 5.41) is 0. The molecule has 1 atom stereocenters. The minimum Gasteiger partial charge on any atom is -0.399 e. The van der Waals surface area contributed by atoms with Gasteiger partial charge in [-0.3, -0.25) is 4.90 Å². The van der Waals surface area contributed by atoms with E-state index in [0.717, 1.165) is 16.8 Å². The predicted molar refractivity (Wildman–Crippen MR) is 72.8 cm³/mol. The molecule has 0 aliphatic heterocycles. The maximum Gasteiger partial charge on any atom is 0.123 e. The first-order chi connectivity index (χ1) is 8.58. The van der Waals surface area contributed by atoms with Crippen molar-refractivity contribution >= 4 is 5.69 Å². The number of halogens is 1. The van der Waals surface area contributed by atoms with Crippen LogP contribution in [0.4, 0.5) is 10.1 Å². The first-order valence-corrected chi connectivity index (χ1v) is 5.85. The van der Waals surface area contributed by atoms with Gasteiger partial charge in [-0.25, -0.2) is 4.39 Å². The Morgan fingerprint density at radius 3 is 2.22 bits per heavy atom. The van der Waals surface area contributed by atoms with Crippen molar-refractivity contribution in [3.63, 3.8) is 0 Å². The van der Waals surface area contributed by atoms with Gasteiger partial charge in [-0.05, 0) is 49.5 Å². The summed E-state index contributed by atoms with van der Waals surface area (Å²) in [6.07, 6.45) is 0. The second-order valence-electron chi connectivity index (χ2n) is 4.59. The van der Waals surface area contributed by atoms with E-state index in [-0.39, 0.29) is 11.9 Å². The molecule has 2 nitrogen and oxygen atoms in total. The molecule has 2 rings (SSSR count). The molecule has 0 amide bonds. The minimum absolute atomic E-state index is 0.0779. The van der Waals surface area contributed by atoms with Crippen molar-refractivity contribution in [1.29, 1.82) is 0 Å². The van der Waals surface area contributed by atoms with Gasteiger partial charge in [0, 0.05) is 5.69 Å². The van der Waals surface area contributed by atoms with Crippen molar-refractivity contribution < 1.29 is 4.39 Å². The van der Waals surface area contributed by atoms with E-state index in [4.69, 9.17) is 5.73 Å². The Labute approximate surface area is 107 Å². The zero-order valence-electron chi connectivity index (χ0n) is 10.6. The number of nitrogens with zero attached hydrogens (tertiary/aromatic N) is 1. The van der Waals surface area contributed by atoms with Crippen molar-refractivity contribution in [3.05, 3.63) is 65.5 Å². The van der Waals surface area contributed by atoms with E-state index in [1.165, 1.54) is 12.1 Å². The number of rotatable bonds is 3. The molecule has 0 saturated heterocycles. The van der Waals surface area contributed by atoms with Gasteiger partial charge in [0.25, 0.3) is 0 Å². The molecule has 0 saturated carbocycles. The minimum atomic E-state index is -0.219. The molecular weight excluding hydrogens is 227 g/mol. The fraction of sp³-hybridized carbons (Fsp3) is 0.200. The summed E-state index contributed by atoms with van der Waals surface area (Å²) in [7, 11) is 3.99. The molecule has 94 valence electrons. The topological polar surface area (TPSA) is 29.3 Å². The average Bonchev–Trinajstić information content (AvgIpc) is 2.32. The lowest BCUT2D eigenvalue weighted by Crippen LogP contribution is -2.21. The molecule has 2 aromatic carbocycles. The lowest BCUT2D eigenvalue weighted by Gasteiger charge is -2.25. The highest BCUT2D eigenvalue weighted by Crippen LogP contribution is 2.27. The van der Waals surface area contributed by atoms with Gasteiger partial charge < -0.3 is 5.73 Å². The SMILES string of the molecule is CN(C)C(c1ccc(F)cc1)c1cccc(N)c1. The van der Waals surface area contributed by atoms with E-state index in [1.807, 2.05) is 50.5 Å². The Bertz CT molecular complexity index is 520. The molecule has 0 bridgehead atoms. The predicted octanol–water partition coefficient (Wildman–Crippen LogP) is 3.06. The quantitative estimate of drug-likeness (QED) is 0.841. The molecule has 2 aromatic rings. The van der Waals surface area contributed by atoms with Gasteiger partial charge in [-0.1, -0.05) is 24.3 Å². The summed E-state index contributed by atoms with van der Waals surface area (Å²) in [5.74, 6) is -0.219. The fourth-order valence-electron chi connectivity index (χ4n) is 2.16. The van der Waals surface area contributed by atoms with E-state index in [0.29, 0.717) is 0 Å². The third-order valence-electron chi connectivity index (χ3n) is 2.93. The van der Waals surface area contributed by atoms with Crippen molar-refractivity contribution in [2.75, 3.05) is 19.8 Å². The normalized spacial score (nSPS) is 12.7. The largest absolute Gasteiger partial charge is 0.399 e. The number of hydrogen-bond acceptors (Lipinski definition) is 2. The lowest BCUT2D eigenvalue weighted by molar-refractivity contribution is 0.342. The number of anilines is 1. The number of nitrogen functional groups attached to an aromatic ring is 1. The Morgan fingerprint density at radius 1 is 1.00 bits per heavy atom. The molecule has 0 aliphatic rings. The Balaban J connectivity index is 2.43. The van der Waals surface area contributed by atoms with Crippen LogP contribution in [0.2, 0.25) is 0 Å². The van der Waals surface area contributed by atoms with Crippen LogP contribution in [-0.2, 0) is 0 Å². The van der Waals surface area contributed by atoms with Crippen molar-refractivity contribution in [2.24, 2.45) is 0 Å². The molecule has 0 aliphatic carbocycles. The standard InChI is InChI=1S/C15H17FN2/c1-18(2)15(11-6-8-13(16)9-7-11)12-4-3-5-14(17)10-12/h3-10,15H,17H2,1-2H3. The Kier molecular flexibility index (Phi) is 3.63. The molecule has 0 radical (unpaired) electrons. The van der Waals surface area contributed by atoms with Crippen molar-refractivity contribution in [2.45, 2.75) is 6.04 Å². The zero-order valence-corrected chi connectivity index (χ0v) is 10.6. The van der Waals surface area contributed by atoms with Gasteiger partial charge in [0.2, 0.25) is 0 Å². The molecule has 18 heavy (non-hydrogen) atoms. The van der Waals surface area contributed by atoms with Crippen LogP contribution in [0, 0.1) is 5.82 Å². The highest BCUT2D eigenvalue weighted by Gasteiger charge is 2.16. The smallest absolute Gasteiger partial charge is 0.123 e. The van der Waals surface area contributed by atoms with Crippen LogP contribution in [0.5, 0.6) is 0 Å². The zero-order chi connectivity index (χ0) is 13.1. The van der Waals surface area contributed by atoms with Gasteiger partial charge in [0.05, 0.1) is 6.04 Å². The maximum absolute atomic E-state index is 13.0. The van der Waals surface area contributed by atoms with Crippen molar-refractivity contribution in [3.8, 4) is 0 Å². The van der Waals surface area contributed by atoms with Crippen LogP contribution >= 0.6 is 0 Å². The third-order valence-corrected chi connectivity index (χ3v) is 2.93. The van der Waals surface area contributed by atoms with Gasteiger partial charge >= 0.3 is 0 Å². The first kappa shape index (κ1) is 12.6. The highest BCUT2D eigenvalue weighted by molar-refractivity contribution is 5.44. The van der Waals surface area contributed by atoms with Gasteiger partial charge in [-0.2, -0.15) is 0 Å². The van der Waals surface area contributed by atoms with Crippen molar-refractivity contribution in [1.82, 2.24) is 4.90 Å². The Morgan fingerprint density at radius 2 is 1.67 bits per heavy atom. The summed E-state index contributed by atoms with van der Waals surface area (Å²) < 4.78 is 13.0. The number of benzene rings is 2. The molecule has 0 heterocycles. The molecule has 0 fully saturated rings. The summed E-state index contributed by atoms with van der Waals surface area (Å²) in [4.78, 5) is 2.09. The van der Waals surface area contributed by atoms with E-state index in [9.17, 15) is 4.39 Å². The lowest BCUT2D eigenvalue weighted by atomic mass is 9.97. The van der Waals surface area contributed by atoms with Crippen LogP contribution in [0.1, 0.15) is 17.2 Å².